The average Bonchev–Trinajstić information content (AvgIpc) is 3.28. The van der Waals surface area contributed by atoms with Crippen molar-refractivity contribution in [1.82, 2.24) is 0 Å². The summed E-state index contributed by atoms with van der Waals surface area (Å²) >= 11 is 0. The van der Waals surface area contributed by atoms with Crippen molar-refractivity contribution >= 4 is 7.60 Å². The molecule has 11 heteroatoms. The summed E-state index contributed by atoms with van der Waals surface area (Å²) in [5, 5.41) is 11.7. The normalized spacial score (nSPS) is 22.8. The van der Waals surface area contributed by atoms with Crippen molar-refractivity contribution in [3.8, 4) is 0 Å². The van der Waals surface area contributed by atoms with Crippen LogP contribution in [0.5, 0.6) is 0 Å². The highest BCUT2D eigenvalue weighted by Crippen LogP contribution is 2.68. The zero-order chi connectivity index (χ0) is 30.1. The highest BCUT2D eigenvalue weighted by molar-refractivity contribution is 7.55. The third-order valence-electron chi connectivity index (χ3n) is 6.71. The molecular weight excluding hydrogens is 569 g/mol. The number of rotatable bonds is 16. The molecule has 0 radical (unpaired) electrons. The maximum absolute atomic E-state index is 16.3. The minimum absolute atomic E-state index is 0.00544. The summed E-state index contributed by atoms with van der Waals surface area (Å²) in [6.45, 7) is 1.87. The lowest BCUT2D eigenvalue weighted by Crippen LogP contribution is -2.58. The number of hydrogen-bond donors (Lipinski definition) is 1. The topological polar surface area (TPSA) is 92.7 Å². The van der Waals surface area contributed by atoms with Crippen LogP contribution >= 0.6 is 7.60 Å². The summed E-state index contributed by atoms with van der Waals surface area (Å²) in [7, 11) is -5.26. The van der Waals surface area contributed by atoms with Crippen LogP contribution in [0.1, 0.15) is 30.5 Å². The largest absolute Gasteiger partial charge is 0.405 e. The zero-order valence-corrected chi connectivity index (χ0v) is 24.5. The number of aliphatic hydroxyl groups is 1. The van der Waals surface area contributed by atoms with Crippen molar-refractivity contribution in [1.29, 1.82) is 0 Å². The number of ether oxygens (including phenoxy) is 4. The second kappa shape index (κ2) is 14.8. The molecule has 228 valence electrons. The van der Waals surface area contributed by atoms with Gasteiger partial charge in [-0.2, -0.15) is 8.78 Å². The van der Waals surface area contributed by atoms with Crippen LogP contribution in [0.4, 0.5) is 8.78 Å². The lowest BCUT2D eigenvalue weighted by Gasteiger charge is -2.38. The molecule has 0 amide bonds. The van der Waals surface area contributed by atoms with E-state index in [9.17, 15) is 9.67 Å². The van der Waals surface area contributed by atoms with Crippen molar-refractivity contribution in [2.45, 2.75) is 63.4 Å². The van der Waals surface area contributed by atoms with Gasteiger partial charge in [0, 0.05) is 0 Å². The van der Waals surface area contributed by atoms with Crippen molar-refractivity contribution < 1.29 is 46.4 Å². The molecule has 1 aliphatic heterocycles. The molecule has 1 heterocycles. The first-order valence-electron chi connectivity index (χ1n) is 13.8. The Labute approximate surface area is 245 Å². The first-order chi connectivity index (χ1) is 20.2. The summed E-state index contributed by atoms with van der Waals surface area (Å²) < 4.78 is 79.8. The molecule has 1 N–H and O–H groups in total. The van der Waals surface area contributed by atoms with Gasteiger partial charge in [0.05, 0.1) is 39.6 Å². The summed E-state index contributed by atoms with van der Waals surface area (Å²) in [6.07, 6.45) is -4.29. The maximum atomic E-state index is 16.3. The Hall–Kier alpha value is -2.53. The Morgan fingerprint density at radius 1 is 0.786 bits per heavy atom. The van der Waals surface area contributed by atoms with Gasteiger partial charge in [0.1, 0.15) is 18.3 Å². The van der Waals surface area contributed by atoms with E-state index >= 15 is 8.78 Å². The Bertz CT molecular complexity index is 1260. The number of halogens is 2. The van der Waals surface area contributed by atoms with Crippen LogP contribution in [0.25, 0.3) is 0 Å². The fourth-order valence-electron chi connectivity index (χ4n) is 4.69. The predicted molar refractivity (Wildman–Crippen MR) is 152 cm³/mol. The van der Waals surface area contributed by atoms with Crippen LogP contribution in [0.2, 0.25) is 0 Å². The molecule has 0 unspecified atom stereocenters. The van der Waals surface area contributed by atoms with E-state index in [2.05, 4.69) is 0 Å². The van der Waals surface area contributed by atoms with Crippen LogP contribution in [0.15, 0.2) is 91.0 Å². The fraction of sp³-hybridized carbons (Fsp3) is 0.419. The molecule has 3 aromatic carbocycles. The highest BCUT2D eigenvalue weighted by atomic mass is 31.2. The summed E-state index contributed by atoms with van der Waals surface area (Å²) in [6, 6.07) is 27.2. The third-order valence-corrected chi connectivity index (χ3v) is 8.91. The van der Waals surface area contributed by atoms with E-state index in [1.807, 2.05) is 60.7 Å². The summed E-state index contributed by atoms with van der Waals surface area (Å²) in [5.74, 6) is -3.45. The second-order valence-corrected chi connectivity index (χ2v) is 11.8. The van der Waals surface area contributed by atoms with Crippen LogP contribution in [-0.2, 0) is 52.4 Å². The molecule has 0 aliphatic carbocycles. The molecule has 42 heavy (non-hydrogen) atoms. The first kappa shape index (κ1) is 32.4. The standard InChI is InChI=1S/C31H37F2O8P/c1-3-39-42(35,40-4-2)31(32,33)30(34)29(38-22-26-18-12-7-13-19-26)28(37-21-25-16-10-6-11-17-25)27(41-30)23-36-20-24-14-8-5-9-15-24/h5-19,27-29,34H,3-4,20-23H2,1-2H3/t27-,28-,29+,30-/m1/s1. The molecular formula is C31H37F2O8P. The van der Waals surface area contributed by atoms with Crippen LogP contribution < -0.4 is 0 Å². The zero-order valence-electron chi connectivity index (χ0n) is 23.6. The summed E-state index contributed by atoms with van der Waals surface area (Å²) in [5.41, 5.74) is -2.27. The molecule has 1 saturated heterocycles. The monoisotopic (exact) mass is 606 g/mol. The van der Waals surface area contributed by atoms with E-state index in [1.54, 1.807) is 30.3 Å². The molecule has 0 bridgehead atoms. The maximum Gasteiger partial charge on any atom is 0.405 e. The molecule has 8 nitrogen and oxygen atoms in total. The van der Waals surface area contributed by atoms with Crippen LogP contribution in [0.3, 0.4) is 0 Å². The molecule has 0 spiro atoms. The summed E-state index contributed by atoms with van der Waals surface area (Å²) in [4.78, 5) is 0. The van der Waals surface area contributed by atoms with Crippen LogP contribution in [0, 0.1) is 0 Å². The third kappa shape index (κ3) is 7.33. The van der Waals surface area contributed by atoms with Crippen molar-refractivity contribution in [2.75, 3.05) is 19.8 Å². The number of benzene rings is 3. The molecule has 3 aromatic rings. The smallest absolute Gasteiger partial charge is 0.374 e. The Kier molecular flexibility index (Phi) is 11.4. The fourth-order valence-corrected chi connectivity index (χ4v) is 6.34. The molecule has 1 aliphatic rings. The van der Waals surface area contributed by atoms with Crippen LogP contribution in [-0.4, -0.2) is 54.7 Å². The Balaban J connectivity index is 1.68. The SMILES string of the molecule is CCOP(=O)(OCC)C(F)(F)[C@]1(O)O[C@H](COCc2ccccc2)[C@@H](OCc2ccccc2)[C@@H]1OCc1ccccc1. The van der Waals surface area contributed by atoms with Gasteiger partial charge in [-0.25, -0.2) is 0 Å². The quantitative estimate of drug-likeness (QED) is 0.190. The first-order valence-corrected chi connectivity index (χ1v) is 15.4. The van der Waals surface area contributed by atoms with Gasteiger partial charge in [-0.1, -0.05) is 91.0 Å². The van der Waals surface area contributed by atoms with Gasteiger partial charge in [0.25, 0.3) is 5.79 Å². The van der Waals surface area contributed by atoms with Gasteiger partial charge in [-0.05, 0) is 30.5 Å². The average molecular weight is 607 g/mol. The highest BCUT2D eigenvalue weighted by Gasteiger charge is 2.76. The van der Waals surface area contributed by atoms with Gasteiger partial charge < -0.3 is 33.1 Å². The number of hydrogen-bond acceptors (Lipinski definition) is 8. The van der Waals surface area contributed by atoms with Crippen molar-refractivity contribution in [2.24, 2.45) is 0 Å². The van der Waals surface area contributed by atoms with Gasteiger partial charge in [0.2, 0.25) is 0 Å². The van der Waals surface area contributed by atoms with Crippen molar-refractivity contribution in [3.63, 3.8) is 0 Å². The lowest BCUT2D eigenvalue weighted by molar-refractivity contribution is -0.318. The van der Waals surface area contributed by atoms with Gasteiger partial charge in [-0.15, -0.1) is 0 Å². The van der Waals surface area contributed by atoms with Crippen molar-refractivity contribution in [3.05, 3.63) is 108 Å². The van der Waals surface area contributed by atoms with E-state index in [0.29, 0.717) is 5.56 Å². The van der Waals surface area contributed by atoms with E-state index in [-0.39, 0.29) is 39.6 Å². The van der Waals surface area contributed by atoms with Gasteiger partial charge >= 0.3 is 13.3 Å². The van der Waals surface area contributed by atoms with Gasteiger partial charge in [-0.3, -0.25) is 4.57 Å². The number of alkyl halides is 2. The molecule has 1 fully saturated rings. The Morgan fingerprint density at radius 3 is 1.71 bits per heavy atom. The minimum Gasteiger partial charge on any atom is -0.374 e. The Morgan fingerprint density at radius 2 is 1.24 bits per heavy atom. The predicted octanol–water partition coefficient (Wildman–Crippen LogP) is 6.32. The molecule has 0 aromatic heterocycles. The van der Waals surface area contributed by atoms with E-state index in [4.69, 9.17) is 28.0 Å². The minimum atomic E-state index is -5.26. The molecule has 4 rings (SSSR count). The molecule has 0 saturated carbocycles. The van der Waals surface area contributed by atoms with E-state index in [0.717, 1.165) is 11.1 Å². The molecule has 4 atom stereocenters. The van der Waals surface area contributed by atoms with E-state index < -0.39 is 37.4 Å². The van der Waals surface area contributed by atoms with E-state index in [1.165, 1.54) is 13.8 Å². The second-order valence-electron chi connectivity index (χ2n) is 9.71. The lowest BCUT2D eigenvalue weighted by atomic mass is 10.0. The van der Waals surface area contributed by atoms with Gasteiger partial charge in [0.15, 0.2) is 0 Å².